The molecule has 2 amide bonds. The van der Waals surface area contributed by atoms with Crippen LogP contribution in [0.15, 0.2) is 54.1 Å². The molecule has 2 rings (SSSR count). The lowest BCUT2D eigenvalue weighted by Crippen LogP contribution is -2.14. The van der Waals surface area contributed by atoms with E-state index < -0.39 is 11.8 Å². The van der Waals surface area contributed by atoms with Crippen LogP contribution < -0.4 is 11.1 Å². The molecular weight excluding hydrogens is 314 g/mol. The zero-order valence-electron chi connectivity index (χ0n) is 14.1. The average molecular weight is 333 g/mol. The van der Waals surface area contributed by atoms with Gasteiger partial charge in [-0.15, -0.1) is 0 Å². The predicted molar refractivity (Wildman–Crippen MR) is 97.7 cm³/mol. The Morgan fingerprint density at radius 2 is 1.68 bits per heavy atom. The minimum atomic E-state index is -0.541. The SMILES string of the molecule is CC(C)c1ccc(C=C(C#N)C(=O)Nc2ccc(C(N)=O)cc2)cc1. The van der Waals surface area contributed by atoms with Crippen molar-refractivity contribution in [3.8, 4) is 6.07 Å². The van der Waals surface area contributed by atoms with Gasteiger partial charge in [-0.25, -0.2) is 0 Å². The molecule has 0 radical (unpaired) electrons. The van der Waals surface area contributed by atoms with Crippen LogP contribution in [0, 0.1) is 11.3 Å². The molecule has 0 spiro atoms. The Morgan fingerprint density at radius 1 is 1.08 bits per heavy atom. The van der Waals surface area contributed by atoms with E-state index in [-0.39, 0.29) is 5.57 Å². The molecule has 0 fully saturated rings. The zero-order chi connectivity index (χ0) is 18.4. The normalized spacial score (nSPS) is 11.0. The highest BCUT2D eigenvalue weighted by molar-refractivity contribution is 6.09. The van der Waals surface area contributed by atoms with Gasteiger partial charge >= 0.3 is 0 Å². The van der Waals surface area contributed by atoms with Crippen LogP contribution in [-0.4, -0.2) is 11.8 Å². The molecule has 126 valence electrons. The van der Waals surface area contributed by atoms with Crippen LogP contribution in [-0.2, 0) is 4.79 Å². The van der Waals surface area contributed by atoms with E-state index in [1.54, 1.807) is 12.1 Å². The van der Waals surface area contributed by atoms with E-state index in [0.717, 1.165) is 5.56 Å². The fourth-order valence-electron chi connectivity index (χ4n) is 2.21. The van der Waals surface area contributed by atoms with Crippen LogP contribution in [0.3, 0.4) is 0 Å². The Morgan fingerprint density at radius 3 is 2.16 bits per heavy atom. The summed E-state index contributed by atoms with van der Waals surface area (Å²) in [5.74, 6) is -0.636. The summed E-state index contributed by atoms with van der Waals surface area (Å²) >= 11 is 0. The molecule has 2 aromatic carbocycles. The maximum atomic E-state index is 12.2. The van der Waals surface area contributed by atoms with Gasteiger partial charge in [0.15, 0.2) is 0 Å². The Bertz CT molecular complexity index is 842. The molecular formula is C20H19N3O2. The first-order chi connectivity index (χ1) is 11.9. The summed E-state index contributed by atoms with van der Waals surface area (Å²) in [7, 11) is 0. The quantitative estimate of drug-likeness (QED) is 0.648. The number of benzene rings is 2. The molecule has 5 heteroatoms. The van der Waals surface area contributed by atoms with E-state index in [4.69, 9.17) is 5.73 Å². The van der Waals surface area contributed by atoms with Gasteiger partial charge in [0.1, 0.15) is 11.6 Å². The highest BCUT2D eigenvalue weighted by Crippen LogP contribution is 2.17. The van der Waals surface area contributed by atoms with Crippen molar-refractivity contribution < 1.29 is 9.59 Å². The van der Waals surface area contributed by atoms with Crippen molar-refractivity contribution in [2.75, 3.05) is 5.32 Å². The molecule has 0 unspecified atom stereocenters. The number of hydrogen-bond acceptors (Lipinski definition) is 3. The molecule has 25 heavy (non-hydrogen) atoms. The van der Waals surface area contributed by atoms with Crippen molar-refractivity contribution >= 4 is 23.6 Å². The van der Waals surface area contributed by atoms with E-state index in [1.165, 1.54) is 23.8 Å². The second-order valence-electron chi connectivity index (χ2n) is 5.89. The third kappa shape index (κ3) is 4.79. The number of nitrogens with zero attached hydrogens (tertiary/aromatic N) is 1. The number of nitrogens with two attached hydrogens (primary N) is 1. The third-order valence-electron chi connectivity index (χ3n) is 3.71. The van der Waals surface area contributed by atoms with Gasteiger partial charge in [0.25, 0.3) is 5.91 Å². The van der Waals surface area contributed by atoms with Gasteiger partial charge in [-0.3, -0.25) is 9.59 Å². The molecule has 0 aromatic heterocycles. The van der Waals surface area contributed by atoms with E-state index in [9.17, 15) is 14.9 Å². The molecule has 5 nitrogen and oxygen atoms in total. The first-order valence-corrected chi connectivity index (χ1v) is 7.83. The number of primary amides is 1. The number of amides is 2. The lowest BCUT2D eigenvalue weighted by atomic mass is 10.0. The van der Waals surface area contributed by atoms with Crippen LogP contribution >= 0.6 is 0 Å². The number of carbonyl (C=O) groups excluding carboxylic acids is 2. The summed E-state index contributed by atoms with van der Waals surface area (Å²) in [6, 6.07) is 15.8. The highest BCUT2D eigenvalue weighted by Gasteiger charge is 2.10. The van der Waals surface area contributed by atoms with E-state index in [0.29, 0.717) is 17.2 Å². The Hall–Kier alpha value is -3.39. The smallest absolute Gasteiger partial charge is 0.266 e. The first kappa shape index (κ1) is 18.0. The summed E-state index contributed by atoms with van der Waals surface area (Å²) in [5.41, 5.74) is 7.96. The summed E-state index contributed by atoms with van der Waals surface area (Å²) in [6.07, 6.45) is 1.54. The molecule has 0 aliphatic heterocycles. The van der Waals surface area contributed by atoms with E-state index >= 15 is 0 Å². The van der Waals surface area contributed by atoms with Gasteiger partial charge in [0.2, 0.25) is 5.91 Å². The van der Waals surface area contributed by atoms with Crippen molar-refractivity contribution in [2.24, 2.45) is 5.73 Å². The standard InChI is InChI=1S/C20H19N3O2/c1-13(2)15-5-3-14(4-6-15)11-17(12-21)20(25)23-18-9-7-16(8-10-18)19(22)24/h3-11,13H,1-2H3,(H2,22,24)(H,23,25). The number of carbonyl (C=O) groups is 2. The van der Waals surface area contributed by atoms with Crippen molar-refractivity contribution in [1.82, 2.24) is 0 Å². The molecule has 0 bridgehead atoms. The minimum Gasteiger partial charge on any atom is -0.366 e. The molecule has 3 N–H and O–H groups in total. The Balaban J connectivity index is 2.14. The van der Waals surface area contributed by atoms with Gasteiger partial charge in [0.05, 0.1) is 0 Å². The number of hydrogen-bond donors (Lipinski definition) is 2. The Kier molecular flexibility index (Phi) is 5.70. The summed E-state index contributed by atoms with van der Waals surface area (Å²) in [6.45, 7) is 4.20. The fourth-order valence-corrected chi connectivity index (χ4v) is 2.21. The third-order valence-corrected chi connectivity index (χ3v) is 3.71. The van der Waals surface area contributed by atoms with Gasteiger partial charge < -0.3 is 11.1 Å². The summed E-state index contributed by atoms with van der Waals surface area (Å²) in [4.78, 5) is 23.3. The highest BCUT2D eigenvalue weighted by atomic mass is 16.2. The molecule has 0 saturated heterocycles. The van der Waals surface area contributed by atoms with Crippen LogP contribution in [0.2, 0.25) is 0 Å². The van der Waals surface area contributed by atoms with E-state index in [2.05, 4.69) is 19.2 Å². The van der Waals surface area contributed by atoms with Crippen molar-refractivity contribution in [2.45, 2.75) is 19.8 Å². The molecule has 2 aromatic rings. The number of nitriles is 1. The maximum Gasteiger partial charge on any atom is 0.266 e. The van der Waals surface area contributed by atoms with Crippen molar-refractivity contribution in [3.05, 3.63) is 70.8 Å². The Labute approximate surface area is 146 Å². The molecule has 0 aliphatic carbocycles. The summed E-state index contributed by atoms with van der Waals surface area (Å²) in [5, 5.41) is 11.9. The minimum absolute atomic E-state index is 0.00345. The van der Waals surface area contributed by atoms with Crippen LogP contribution in [0.4, 0.5) is 5.69 Å². The van der Waals surface area contributed by atoms with Gasteiger partial charge in [-0.1, -0.05) is 38.1 Å². The van der Waals surface area contributed by atoms with Gasteiger partial charge in [-0.2, -0.15) is 5.26 Å². The second kappa shape index (κ2) is 7.93. The number of rotatable bonds is 5. The first-order valence-electron chi connectivity index (χ1n) is 7.83. The largest absolute Gasteiger partial charge is 0.366 e. The lowest BCUT2D eigenvalue weighted by Gasteiger charge is -2.06. The predicted octanol–water partition coefficient (Wildman–Crippen LogP) is 3.45. The zero-order valence-corrected chi connectivity index (χ0v) is 14.1. The molecule has 0 saturated carbocycles. The van der Waals surface area contributed by atoms with Crippen LogP contribution in [0.25, 0.3) is 6.08 Å². The summed E-state index contributed by atoms with van der Waals surface area (Å²) < 4.78 is 0. The molecule has 0 atom stereocenters. The fraction of sp³-hybridized carbons (Fsp3) is 0.150. The van der Waals surface area contributed by atoms with E-state index in [1.807, 2.05) is 30.3 Å². The molecule has 0 heterocycles. The van der Waals surface area contributed by atoms with Crippen LogP contribution in [0.1, 0.15) is 41.3 Å². The monoisotopic (exact) mass is 333 g/mol. The van der Waals surface area contributed by atoms with Crippen LogP contribution in [0.5, 0.6) is 0 Å². The number of anilines is 1. The van der Waals surface area contributed by atoms with Gasteiger partial charge in [-0.05, 0) is 47.4 Å². The second-order valence-corrected chi connectivity index (χ2v) is 5.89. The van der Waals surface area contributed by atoms with Gasteiger partial charge in [0, 0.05) is 11.3 Å². The maximum absolute atomic E-state index is 12.2. The van der Waals surface area contributed by atoms with Crippen molar-refractivity contribution in [1.29, 1.82) is 5.26 Å². The van der Waals surface area contributed by atoms with Crippen molar-refractivity contribution in [3.63, 3.8) is 0 Å². The lowest BCUT2D eigenvalue weighted by molar-refractivity contribution is -0.112. The topological polar surface area (TPSA) is 96.0 Å². The average Bonchev–Trinajstić information content (AvgIpc) is 2.60. The number of nitrogens with one attached hydrogen (secondary N) is 1. The molecule has 0 aliphatic rings.